The zero-order valence-corrected chi connectivity index (χ0v) is 24.9. The maximum atomic E-state index is 9.81. The zero-order valence-electron chi connectivity index (χ0n) is 21.7. The lowest BCUT2D eigenvalue weighted by molar-refractivity contribution is -1.07. The van der Waals surface area contributed by atoms with Gasteiger partial charge in [-0.05, 0) is 6.42 Å². The van der Waals surface area contributed by atoms with Crippen molar-refractivity contribution in [3.63, 3.8) is 0 Å². The summed E-state index contributed by atoms with van der Waals surface area (Å²) in [5.41, 5.74) is 2.96. The van der Waals surface area contributed by atoms with Crippen LogP contribution in [0.2, 0.25) is 0 Å². The quantitative estimate of drug-likeness (QED) is 0.320. The molecule has 4 saturated heterocycles. The van der Waals surface area contributed by atoms with Gasteiger partial charge in [0.05, 0.1) is 39.3 Å². The van der Waals surface area contributed by atoms with Gasteiger partial charge in [-0.2, -0.15) is 0 Å². The molecule has 4 fully saturated rings. The Bertz CT molecular complexity index is 959. The summed E-state index contributed by atoms with van der Waals surface area (Å²) in [5, 5.41) is 9.81. The second-order valence-electron chi connectivity index (χ2n) is 11.2. The van der Waals surface area contributed by atoms with Gasteiger partial charge in [-0.1, -0.05) is 60.7 Å². The van der Waals surface area contributed by atoms with Crippen molar-refractivity contribution in [2.75, 3.05) is 59.0 Å². The fourth-order valence-corrected chi connectivity index (χ4v) is 7.95. The van der Waals surface area contributed by atoms with Gasteiger partial charge in [-0.15, -0.1) is 0 Å². The SMILES string of the molecule is O.O.OCC[C@H]1CN2CC[N@+]3(Cc4ccccc4)CCCN4CC[N@+](Cc5ccccc5)(C1)[C@H]2[C@@H]43.[Br-].[Br-]. The van der Waals surface area contributed by atoms with Crippen LogP contribution in [0.4, 0.5) is 0 Å². The van der Waals surface area contributed by atoms with Crippen LogP contribution in [0.15, 0.2) is 60.7 Å². The molecule has 0 bridgehead atoms. The number of aliphatic hydroxyl groups excluding tert-OH is 1. The maximum absolute atomic E-state index is 9.81. The van der Waals surface area contributed by atoms with Crippen molar-refractivity contribution in [1.29, 1.82) is 0 Å². The highest BCUT2D eigenvalue weighted by Gasteiger charge is 2.65. The number of halogens is 2. The third kappa shape index (κ3) is 6.00. The summed E-state index contributed by atoms with van der Waals surface area (Å²) in [6.45, 7) is 12.4. The summed E-state index contributed by atoms with van der Waals surface area (Å²) in [4.78, 5) is 5.73. The Morgan fingerprint density at radius 2 is 1.24 bits per heavy atom. The topological polar surface area (TPSA) is 89.7 Å². The minimum absolute atomic E-state index is 0. The molecule has 6 rings (SSSR count). The molecule has 0 amide bonds. The summed E-state index contributed by atoms with van der Waals surface area (Å²) in [6.07, 6.45) is 3.41. The van der Waals surface area contributed by atoms with Gasteiger partial charge >= 0.3 is 0 Å². The van der Waals surface area contributed by atoms with Crippen molar-refractivity contribution in [3.05, 3.63) is 71.8 Å². The fourth-order valence-electron chi connectivity index (χ4n) is 7.95. The maximum Gasteiger partial charge on any atom is 0.214 e. The Balaban J connectivity index is 0.00000120. The number of benzene rings is 2. The lowest BCUT2D eigenvalue weighted by Crippen LogP contribution is -3.00. The third-order valence-electron chi connectivity index (χ3n) is 9.18. The van der Waals surface area contributed by atoms with E-state index in [9.17, 15) is 5.11 Å². The number of nitrogens with zero attached hydrogens (tertiary/aromatic N) is 4. The van der Waals surface area contributed by atoms with Crippen LogP contribution in [-0.4, -0.2) is 106 Å². The minimum Gasteiger partial charge on any atom is -1.00 e. The van der Waals surface area contributed by atoms with Gasteiger partial charge in [0.25, 0.3) is 0 Å². The van der Waals surface area contributed by atoms with Crippen LogP contribution in [0.5, 0.6) is 0 Å². The van der Waals surface area contributed by atoms with Crippen LogP contribution < -0.4 is 34.0 Å². The van der Waals surface area contributed by atoms with Gasteiger partial charge < -0.3 is 50.0 Å². The van der Waals surface area contributed by atoms with E-state index >= 15 is 0 Å². The molecule has 4 aliphatic heterocycles. The Morgan fingerprint density at radius 3 is 1.86 bits per heavy atom. The van der Waals surface area contributed by atoms with E-state index in [0.29, 0.717) is 24.9 Å². The molecular weight excluding hydrogens is 600 g/mol. The highest BCUT2D eigenvalue weighted by atomic mass is 79.9. The molecule has 0 aliphatic carbocycles. The van der Waals surface area contributed by atoms with Crippen molar-refractivity contribution >= 4 is 0 Å². The molecule has 4 heterocycles. The second kappa shape index (κ2) is 13.5. The monoisotopic (exact) mass is 642 g/mol. The molecule has 208 valence electrons. The lowest BCUT2D eigenvalue weighted by atomic mass is 9.88. The van der Waals surface area contributed by atoms with E-state index in [1.807, 2.05) is 0 Å². The molecule has 0 saturated carbocycles. The standard InChI is InChI=1S/C28H40N4O.2BrH.2H2O/c33-19-12-26-20-30-15-17-31(21-24-8-3-1-4-9-24)16-7-13-29-14-18-32(23-26,28(30)27(29)31)22-25-10-5-2-6-11-25;;;;/h1-6,8-11,26-28,33H,7,12-23H2;2*1H;2*1H2/q+2;;;;/p-2/t26-,27-,28-,31-,32-;;;;/m0..../s1. The smallest absolute Gasteiger partial charge is 0.214 e. The summed E-state index contributed by atoms with van der Waals surface area (Å²) >= 11 is 0. The normalized spacial score (nSPS) is 32.4. The van der Waals surface area contributed by atoms with Gasteiger partial charge in [-0.25, -0.2) is 9.80 Å². The first kappa shape index (κ1) is 32.3. The predicted molar refractivity (Wildman–Crippen MR) is 138 cm³/mol. The van der Waals surface area contributed by atoms with E-state index in [1.54, 1.807) is 0 Å². The highest BCUT2D eigenvalue weighted by molar-refractivity contribution is 5.15. The molecule has 5 atom stereocenters. The Kier molecular flexibility index (Phi) is 11.8. The molecule has 0 radical (unpaired) electrons. The van der Waals surface area contributed by atoms with Crippen LogP contribution in [0.25, 0.3) is 0 Å². The zero-order chi connectivity index (χ0) is 22.3. The molecule has 0 aromatic heterocycles. The number of piperazine rings is 2. The van der Waals surface area contributed by atoms with Crippen molar-refractivity contribution in [2.24, 2.45) is 5.92 Å². The lowest BCUT2D eigenvalue weighted by Gasteiger charge is -2.67. The second-order valence-corrected chi connectivity index (χ2v) is 11.2. The first-order valence-electron chi connectivity index (χ1n) is 13.1. The molecule has 0 unspecified atom stereocenters. The van der Waals surface area contributed by atoms with Gasteiger partial charge in [0, 0.05) is 43.2 Å². The molecule has 2 aromatic rings. The number of hydrogen-bond acceptors (Lipinski definition) is 3. The van der Waals surface area contributed by atoms with E-state index in [1.165, 1.54) is 72.3 Å². The van der Waals surface area contributed by atoms with Crippen LogP contribution in [0.3, 0.4) is 0 Å². The van der Waals surface area contributed by atoms with E-state index in [-0.39, 0.29) is 44.9 Å². The largest absolute Gasteiger partial charge is 1.00 e. The summed E-state index contributed by atoms with van der Waals surface area (Å²) in [7, 11) is 0. The number of quaternary nitrogens is 2. The average Bonchev–Trinajstić information content (AvgIpc) is 2.84. The van der Waals surface area contributed by atoms with E-state index in [4.69, 9.17) is 0 Å². The van der Waals surface area contributed by atoms with E-state index in [0.717, 1.165) is 26.1 Å². The Hall–Kier alpha value is -0.880. The van der Waals surface area contributed by atoms with Crippen molar-refractivity contribution in [2.45, 2.75) is 38.3 Å². The number of rotatable bonds is 6. The van der Waals surface area contributed by atoms with Crippen molar-refractivity contribution < 1.29 is 59.0 Å². The predicted octanol–water partition coefficient (Wildman–Crippen LogP) is -4.92. The fraction of sp³-hybridized carbons (Fsp3) is 0.571. The number of hydrogen-bond donors (Lipinski definition) is 1. The Morgan fingerprint density at radius 1 is 0.703 bits per heavy atom. The van der Waals surface area contributed by atoms with E-state index in [2.05, 4.69) is 70.5 Å². The Labute approximate surface area is 243 Å². The third-order valence-corrected chi connectivity index (χ3v) is 9.18. The number of aliphatic hydroxyl groups is 1. The summed E-state index contributed by atoms with van der Waals surface area (Å²) in [6, 6.07) is 22.4. The summed E-state index contributed by atoms with van der Waals surface area (Å²) < 4.78 is 2.43. The van der Waals surface area contributed by atoms with Crippen LogP contribution >= 0.6 is 0 Å². The van der Waals surface area contributed by atoms with Gasteiger partial charge in [0.2, 0.25) is 12.3 Å². The molecule has 2 aromatic carbocycles. The molecular formula is C28H44Br2N4O3. The van der Waals surface area contributed by atoms with Crippen molar-refractivity contribution in [1.82, 2.24) is 9.80 Å². The average molecular weight is 644 g/mol. The minimum atomic E-state index is 0. The molecule has 37 heavy (non-hydrogen) atoms. The summed E-state index contributed by atoms with van der Waals surface area (Å²) in [5.74, 6) is 0.597. The van der Waals surface area contributed by atoms with E-state index < -0.39 is 0 Å². The van der Waals surface area contributed by atoms with Crippen LogP contribution in [0.1, 0.15) is 24.0 Å². The molecule has 4 aliphatic rings. The molecule has 5 N–H and O–H groups in total. The molecule has 0 spiro atoms. The van der Waals surface area contributed by atoms with Crippen LogP contribution in [-0.2, 0) is 13.1 Å². The molecule has 7 nitrogen and oxygen atoms in total. The first-order valence-corrected chi connectivity index (χ1v) is 13.1. The van der Waals surface area contributed by atoms with Gasteiger partial charge in [0.15, 0.2) is 0 Å². The van der Waals surface area contributed by atoms with Crippen LogP contribution in [0, 0.1) is 5.92 Å². The van der Waals surface area contributed by atoms with Gasteiger partial charge in [-0.3, -0.25) is 8.97 Å². The first-order chi connectivity index (χ1) is 16.2. The van der Waals surface area contributed by atoms with Gasteiger partial charge in [0.1, 0.15) is 13.1 Å². The molecule has 9 heteroatoms. The van der Waals surface area contributed by atoms with Crippen molar-refractivity contribution in [3.8, 4) is 0 Å². The highest BCUT2D eigenvalue weighted by Crippen LogP contribution is 2.44.